The van der Waals surface area contributed by atoms with E-state index < -0.39 is 0 Å². The van der Waals surface area contributed by atoms with Crippen molar-refractivity contribution >= 4 is 33.0 Å². The Morgan fingerprint density at radius 3 is 1.18 bits per heavy atom. The van der Waals surface area contributed by atoms with Gasteiger partial charge in [-0.05, 0) is 155 Å². The van der Waals surface area contributed by atoms with Gasteiger partial charge in [-0.1, -0.05) is 319 Å². The van der Waals surface area contributed by atoms with Gasteiger partial charge in [-0.15, -0.1) is 58.7 Å². The molecule has 0 aliphatic rings. The number of hydrogen-bond acceptors (Lipinski definition) is 6. The first-order valence-electron chi connectivity index (χ1n) is 40.1. The second-order valence-electron chi connectivity index (χ2n) is 36.8. The number of aromatic nitrogens is 6. The van der Waals surface area contributed by atoms with E-state index >= 15 is 0 Å². The Morgan fingerprint density at radius 1 is 0.330 bits per heavy atom. The minimum absolute atomic E-state index is 0. The van der Waals surface area contributed by atoms with Crippen molar-refractivity contribution in [3.63, 3.8) is 0 Å². The molecule has 592 valence electrons. The number of aromatic hydroxyl groups is 2. The van der Waals surface area contributed by atoms with Crippen LogP contribution in [-0.4, -0.2) is 39.3 Å². The number of benzene rings is 11. The van der Waals surface area contributed by atoms with Crippen LogP contribution in [0.1, 0.15) is 208 Å². The molecule has 0 spiro atoms. The van der Waals surface area contributed by atoms with Gasteiger partial charge >= 0.3 is 0 Å². The van der Waals surface area contributed by atoms with Crippen LogP contribution in [0.25, 0.3) is 134 Å². The second kappa shape index (κ2) is 32.9. The average molecular weight is 1880 g/mol. The number of pyridine rings is 2. The van der Waals surface area contributed by atoms with Crippen LogP contribution in [0.5, 0.6) is 11.5 Å². The molecule has 15 rings (SSSR count). The van der Waals surface area contributed by atoms with E-state index in [9.17, 15) is 10.2 Å². The monoisotopic (exact) mass is 1870 g/mol. The number of para-hydroxylation sites is 3. The van der Waals surface area contributed by atoms with Crippen LogP contribution in [-0.2, 0) is 69.2 Å². The molecular weight excluding hydrogens is 1770 g/mol. The molecule has 10 heteroatoms. The molecule has 4 heterocycles. The maximum atomic E-state index is 12.4. The average Bonchev–Trinajstić information content (AvgIpc) is 1.60. The third kappa shape index (κ3) is 17.3. The number of fused-ring (bicyclic) bond motifs is 3. The van der Waals surface area contributed by atoms with E-state index in [1.807, 2.05) is 36.5 Å². The van der Waals surface area contributed by atoms with Crippen LogP contribution in [0.3, 0.4) is 0 Å². The Bertz CT molecular complexity index is 6070. The molecule has 11 aromatic carbocycles. The quantitative estimate of drug-likeness (QED) is 0.112. The van der Waals surface area contributed by atoms with Gasteiger partial charge in [0.15, 0.2) is 0 Å². The normalized spacial score (nSPS) is 12.2. The number of imidazole rings is 2. The molecule has 0 fully saturated rings. The van der Waals surface area contributed by atoms with Gasteiger partial charge in [0.1, 0.15) is 23.1 Å². The largest absolute Gasteiger partial charge is 0.507 e. The van der Waals surface area contributed by atoms with Crippen molar-refractivity contribution < 1.29 is 52.3 Å². The van der Waals surface area contributed by atoms with Crippen molar-refractivity contribution in [1.29, 1.82) is 0 Å². The Hall–Kier alpha value is -10.1. The molecule has 0 unspecified atom stereocenters. The molecular formula is C105H108N6O2Pt2-2. The van der Waals surface area contributed by atoms with E-state index in [0.717, 1.165) is 122 Å². The van der Waals surface area contributed by atoms with Gasteiger partial charge in [0.05, 0.1) is 50.1 Å². The fourth-order valence-corrected chi connectivity index (χ4v) is 15.4. The number of nitrogens with zero attached hydrogens (tertiary/aromatic N) is 6. The summed E-state index contributed by atoms with van der Waals surface area (Å²) in [6.45, 7) is 46.6. The van der Waals surface area contributed by atoms with Gasteiger partial charge in [0.25, 0.3) is 0 Å². The zero-order valence-electron chi connectivity index (χ0n) is 70.5. The Balaban J connectivity index is 0.000000210. The summed E-state index contributed by atoms with van der Waals surface area (Å²) in [5, 5.41) is 25.8. The summed E-state index contributed by atoms with van der Waals surface area (Å²) >= 11 is 0. The predicted molar refractivity (Wildman–Crippen MR) is 475 cm³/mol. The summed E-state index contributed by atoms with van der Waals surface area (Å²) in [4.78, 5) is 21.0. The zero-order valence-corrected chi connectivity index (χ0v) is 75.1. The van der Waals surface area contributed by atoms with E-state index in [2.05, 4.69) is 378 Å². The molecule has 8 nitrogen and oxygen atoms in total. The minimum atomic E-state index is -0.307. The van der Waals surface area contributed by atoms with Crippen molar-refractivity contribution in [2.45, 2.75) is 190 Å². The van der Waals surface area contributed by atoms with E-state index in [-0.39, 0.29) is 92.5 Å². The van der Waals surface area contributed by atoms with Crippen LogP contribution in [0, 0.1) is 12.1 Å². The first-order chi connectivity index (χ1) is 53.5. The fourth-order valence-electron chi connectivity index (χ4n) is 15.4. The van der Waals surface area contributed by atoms with Gasteiger partial charge < -0.3 is 10.2 Å². The van der Waals surface area contributed by atoms with Crippen LogP contribution >= 0.6 is 0 Å². The number of hydrogen-bond donors (Lipinski definition) is 2. The molecule has 4 aromatic heterocycles. The van der Waals surface area contributed by atoms with Crippen molar-refractivity contribution in [3.05, 3.63) is 299 Å². The molecule has 0 radical (unpaired) electrons. The summed E-state index contributed by atoms with van der Waals surface area (Å²) in [7, 11) is 0. The molecule has 0 bridgehead atoms. The summed E-state index contributed by atoms with van der Waals surface area (Å²) in [5.74, 6) is 2.68. The van der Waals surface area contributed by atoms with Crippen LogP contribution in [0.2, 0.25) is 0 Å². The molecule has 0 saturated heterocycles. The maximum absolute atomic E-state index is 12.4. The fraction of sp³-hybridized carbons (Fsp3) is 0.276. The van der Waals surface area contributed by atoms with E-state index in [1.54, 1.807) is 0 Å². The zero-order chi connectivity index (χ0) is 80.5. The Kier molecular flexibility index (Phi) is 24.1. The first-order valence-corrected chi connectivity index (χ1v) is 40.1. The molecule has 2 N–H and O–H groups in total. The Labute approximate surface area is 711 Å². The molecule has 0 amide bonds. The van der Waals surface area contributed by atoms with Crippen LogP contribution < -0.4 is 0 Å². The van der Waals surface area contributed by atoms with Crippen LogP contribution in [0.4, 0.5) is 0 Å². The van der Waals surface area contributed by atoms with Crippen LogP contribution in [0.15, 0.2) is 243 Å². The van der Waals surface area contributed by atoms with Crippen molar-refractivity contribution in [2.75, 3.05) is 0 Å². The summed E-state index contributed by atoms with van der Waals surface area (Å²) < 4.78 is 4.57. The van der Waals surface area contributed by atoms with Crippen molar-refractivity contribution in [3.8, 4) is 113 Å². The first kappa shape index (κ1) is 84.3. The molecule has 0 aliphatic carbocycles. The van der Waals surface area contributed by atoms with Gasteiger partial charge in [0.2, 0.25) is 0 Å². The molecule has 115 heavy (non-hydrogen) atoms. The van der Waals surface area contributed by atoms with Gasteiger partial charge in [-0.25, -0.2) is 9.97 Å². The number of phenolic OH excluding ortho intramolecular Hbond substituents is 2. The standard InChI is InChI=1S/C55H56N3O.C50H52N3O.2Pt/c1-34(2)43-31-37(35-18-13-12-14-19-35)25-27-48(43)58-49-23-17-21-42(50(49)57-52(58)44-32-41(54(6,7)8)33-45(51(44)59)55(9,10)11)38-28-39(30-40(29-38)53(3,4)5)47-26-24-36-20-15-16-22-46(36)56-47;1-31(2)35-25-36(27-37(26-35)43-20-14-15-24-51-43)39-19-16-21-45-46(39)52-48(41-29-38(49(5,6)7)30-42(47(41)54)50(8,9)10)53(45)44-23-22-34(28-40(44)32(3)4)33-17-12-11-13-18-33;;/h12-27,29-34,59H,1-11H3;11-26,28-32,54H,1-10H3;;/q2*-1;;. The maximum Gasteiger partial charge on any atom is 0.148 e. The van der Waals surface area contributed by atoms with Gasteiger partial charge in [-0.3, -0.25) is 19.1 Å². The van der Waals surface area contributed by atoms with E-state index in [4.69, 9.17) is 15.0 Å². The van der Waals surface area contributed by atoms with Crippen molar-refractivity contribution in [2.24, 2.45) is 0 Å². The van der Waals surface area contributed by atoms with Gasteiger partial charge in [0, 0.05) is 70.8 Å². The third-order valence-corrected chi connectivity index (χ3v) is 22.1. The van der Waals surface area contributed by atoms with E-state index in [1.165, 1.54) is 44.5 Å². The van der Waals surface area contributed by atoms with Gasteiger partial charge in [-0.2, -0.15) is 0 Å². The summed E-state index contributed by atoms with van der Waals surface area (Å²) in [6.07, 6.45) is 1.83. The smallest absolute Gasteiger partial charge is 0.148 e. The Morgan fingerprint density at radius 2 is 0.748 bits per heavy atom. The molecule has 0 saturated carbocycles. The number of rotatable bonds is 13. The third-order valence-electron chi connectivity index (χ3n) is 22.1. The summed E-state index contributed by atoms with van der Waals surface area (Å²) in [6, 6.07) is 91.2. The van der Waals surface area contributed by atoms with Crippen molar-refractivity contribution in [1.82, 2.24) is 29.1 Å². The predicted octanol–water partition coefficient (Wildman–Crippen LogP) is 28.2. The van der Waals surface area contributed by atoms with E-state index in [0.29, 0.717) is 17.6 Å². The molecule has 0 aliphatic heterocycles. The minimum Gasteiger partial charge on any atom is -0.507 e. The topological polar surface area (TPSA) is 102 Å². The summed E-state index contributed by atoms with van der Waals surface area (Å²) in [5.41, 5.74) is 28.2. The second-order valence-corrected chi connectivity index (χ2v) is 36.8. The molecule has 0 atom stereocenters. The number of phenols is 2. The molecule has 15 aromatic rings. The SMILES string of the molecule is CC(C)c1cc(-c2ccccc2)ccc1-n1c(-c2cc(C(C)(C)C)cc(C(C)(C)C)c2O)nc2c(-c3[c-]c(-c4ccc5ccccc5n4)cc(C(C)(C)C)c3)cccc21.CC(C)c1cc(-c2ccccn2)[c-]c(-c2cccc3c2nc(-c2cc(C(C)(C)C)cc(C(C)(C)C)c2O)n3-c2ccc(-c3ccccc3)cc2C(C)C)c1.[Pt].[Pt].